The molecule has 1 fully saturated rings. The molecule has 1 heterocycles. The number of para-hydroxylation sites is 1. The fourth-order valence-corrected chi connectivity index (χ4v) is 2.56. The summed E-state index contributed by atoms with van der Waals surface area (Å²) in [5.41, 5.74) is 5.75. The van der Waals surface area contributed by atoms with Crippen LogP contribution in [0.2, 0.25) is 0 Å². The first-order chi connectivity index (χ1) is 10.1. The van der Waals surface area contributed by atoms with Crippen molar-refractivity contribution in [1.29, 1.82) is 0 Å². The lowest BCUT2D eigenvalue weighted by Crippen LogP contribution is -2.29. The molecule has 1 saturated heterocycles. The summed E-state index contributed by atoms with van der Waals surface area (Å²) >= 11 is 0. The molecule has 1 aromatic carbocycles. The van der Waals surface area contributed by atoms with Gasteiger partial charge in [-0.25, -0.2) is 0 Å². The summed E-state index contributed by atoms with van der Waals surface area (Å²) in [4.78, 5) is 25.3. The number of carbonyl (C=O) groups excluding carboxylic acids is 2. The lowest BCUT2D eigenvalue weighted by atomic mass is 10.1. The van der Waals surface area contributed by atoms with Gasteiger partial charge in [-0.2, -0.15) is 0 Å². The van der Waals surface area contributed by atoms with Gasteiger partial charge in [0, 0.05) is 19.5 Å². The second-order valence-corrected chi connectivity index (χ2v) is 5.17. The predicted molar refractivity (Wildman–Crippen MR) is 80.0 cm³/mol. The van der Waals surface area contributed by atoms with Crippen molar-refractivity contribution in [3.05, 3.63) is 42.5 Å². The lowest BCUT2D eigenvalue weighted by Gasteiger charge is -2.18. The van der Waals surface area contributed by atoms with Crippen LogP contribution in [0.25, 0.3) is 0 Å². The highest BCUT2D eigenvalue weighted by molar-refractivity contribution is 5.97. The van der Waals surface area contributed by atoms with Crippen LogP contribution in [0, 0.1) is 5.92 Å². The van der Waals surface area contributed by atoms with Crippen LogP contribution in [0.5, 0.6) is 5.75 Å². The number of primary amides is 1. The number of hydrogen-bond donors (Lipinski definition) is 1. The van der Waals surface area contributed by atoms with Gasteiger partial charge in [0.1, 0.15) is 12.4 Å². The minimum Gasteiger partial charge on any atom is -0.489 e. The quantitative estimate of drug-likeness (QED) is 0.808. The monoisotopic (exact) mass is 288 g/mol. The Balaban J connectivity index is 2.07. The number of likely N-dealkylation sites (tertiary alicyclic amines) is 1. The van der Waals surface area contributed by atoms with Crippen LogP contribution in [0.3, 0.4) is 0 Å². The van der Waals surface area contributed by atoms with Gasteiger partial charge in [-0.1, -0.05) is 24.8 Å². The van der Waals surface area contributed by atoms with E-state index in [9.17, 15) is 9.59 Å². The molecule has 0 radical (unpaired) electrons. The number of hydrogen-bond acceptors (Lipinski definition) is 3. The second-order valence-electron chi connectivity index (χ2n) is 5.17. The minimum atomic E-state index is -0.316. The summed E-state index contributed by atoms with van der Waals surface area (Å²) in [6, 6.07) is 7.16. The molecule has 1 unspecified atom stereocenters. The summed E-state index contributed by atoms with van der Waals surface area (Å²) < 4.78 is 5.52. The van der Waals surface area contributed by atoms with Gasteiger partial charge in [0.2, 0.25) is 5.91 Å². The van der Waals surface area contributed by atoms with Gasteiger partial charge in [-0.3, -0.25) is 9.59 Å². The van der Waals surface area contributed by atoms with E-state index in [1.807, 2.05) is 12.1 Å². The molecule has 0 aromatic heterocycles. The first-order valence-corrected chi connectivity index (χ1v) is 7.02. The average Bonchev–Trinajstić information content (AvgIpc) is 2.92. The highest BCUT2D eigenvalue weighted by Gasteiger charge is 2.29. The Morgan fingerprint density at radius 1 is 1.43 bits per heavy atom. The molecule has 2 amide bonds. The first kappa shape index (κ1) is 15.1. The molecular weight excluding hydrogens is 268 g/mol. The Labute approximate surface area is 124 Å². The number of carbonyl (C=O) groups is 2. The molecule has 1 atom stereocenters. The van der Waals surface area contributed by atoms with Crippen molar-refractivity contribution in [2.75, 3.05) is 19.7 Å². The Bertz CT molecular complexity index is 542. The van der Waals surface area contributed by atoms with Crippen LogP contribution in [0.15, 0.2) is 36.9 Å². The molecule has 1 aliphatic heterocycles. The van der Waals surface area contributed by atoms with Gasteiger partial charge in [0.15, 0.2) is 0 Å². The van der Waals surface area contributed by atoms with Gasteiger partial charge in [-0.05, 0) is 24.5 Å². The molecule has 5 nitrogen and oxygen atoms in total. The molecule has 0 aliphatic carbocycles. The molecular formula is C16H20N2O3. The third-order valence-electron chi connectivity index (χ3n) is 3.54. The average molecular weight is 288 g/mol. The topological polar surface area (TPSA) is 72.6 Å². The molecule has 112 valence electrons. The van der Waals surface area contributed by atoms with E-state index in [4.69, 9.17) is 10.5 Å². The fraction of sp³-hybridized carbons (Fsp3) is 0.375. The number of benzene rings is 1. The van der Waals surface area contributed by atoms with Crippen LogP contribution < -0.4 is 10.5 Å². The van der Waals surface area contributed by atoms with E-state index in [2.05, 4.69) is 6.58 Å². The second kappa shape index (κ2) is 6.92. The maximum Gasteiger partial charge on any atom is 0.257 e. The van der Waals surface area contributed by atoms with E-state index < -0.39 is 0 Å². The molecule has 2 N–H and O–H groups in total. The van der Waals surface area contributed by atoms with E-state index in [1.54, 1.807) is 23.1 Å². The van der Waals surface area contributed by atoms with E-state index in [0.717, 1.165) is 6.42 Å². The predicted octanol–water partition coefficient (Wildman–Crippen LogP) is 1.59. The zero-order valence-electron chi connectivity index (χ0n) is 12.0. The van der Waals surface area contributed by atoms with Crippen molar-refractivity contribution in [1.82, 2.24) is 4.90 Å². The highest BCUT2D eigenvalue weighted by Crippen LogP contribution is 2.25. The van der Waals surface area contributed by atoms with Crippen LogP contribution in [0.1, 0.15) is 23.2 Å². The highest BCUT2D eigenvalue weighted by atomic mass is 16.5. The molecule has 0 saturated carbocycles. The van der Waals surface area contributed by atoms with Crippen molar-refractivity contribution in [3.63, 3.8) is 0 Å². The normalized spacial score (nSPS) is 17.5. The summed E-state index contributed by atoms with van der Waals surface area (Å²) in [7, 11) is 0. The molecule has 0 spiro atoms. The van der Waals surface area contributed by atoms with E-state index in [1.165, 1.54) is 0 Å². The van der Waals surface area contributed by atoms with Gasteiger partial charge in [-0.15, -0.1) is 0 Å². The smallest absolute Gasteiger partial charge is 0.257 e. The molecule has 1 aliphatic rings. The van der Waals surface area contributed by atoms with Crippen molar-refractivity contribution >= 4 is 11.8 Å². The zero-order chi connectivity index (χ0) is 15.2. The number of ether oxygens (including phenoxy) is 1. The van der Waals surface area contributed by atoms with Crippen molar-refractivity contribution < 1.29 is 14.3 Å². The SMILES string of the molecule is C=CCOc1ccccc1C(=O)N1CCC(CC(N)=O)C1. The Hall–Kier alpha value is -2.30. The summed E-state index contributed by atoms with van der Waals surface area (Å²) in [6.45, 7) is 5.17. The maximum atomic E-state index is 12.6. The van der Waals surface area contributed by atoms with E-state index in [0.29, 0.717) is 37.4 Å². The Morgan fingerprint density at radius 3 is 2.90 bits per heavy atom. The first-order valence-electron chi connectivity index (χ1n) is 7.02. The molecule has 21 heavy (non-hydrogen) atoms. The number of nitrogens with zero attached hydrogens (tertiary/aromatic N) is 1. The third-order valence-corrected chi connectivity index (χ3v) is 3.54. The number of nitrogens with two attached hydrogens (primary N) is 1. The largest absolute Gasteiger partial charge is 0.489 e. The zero-order valence-corrected chi connectivity index (χ0v) is 12.0. The van der Waals surface area contributed by atoms with Gasteiger partial charge in [0.05, 0.1) is 5.56 Å². The maximum absolute atomic E-state index is 12.6. The number of rotatable bonds is 6. The van der Waals surface area contributed by atoms with Crippen LogP contribution in [-0.2, 0) is 4.79 Å². The number of amides is 2. The van der Waals surface area contributed by atoms with Crippen LogP contribution in [0.4, 0.5) is 0 Å². The van der Waals surface area contributed by atoms with Gasteiger partial charge in [0.25, 0.3) is 5.91 Å². The fourth-order valence-electron chi connectivity index (χ4n) is 2.56. The minimum absolute atomic E-state index is 0.0679. The Kier molecular flexibility index (Phi) is 4.98. The van der Waals surface area contributed by atoms with E-state index >= 15 is 0 Å². The van der Waals surface area contributed by atoms with Crippen LogP contribution >= 0.6 is 0 Å². The summed E-state index contributed by atoms with van der Waals surface area (Å²) in [5, 5.41) is 0. The van der Waals surface area contributed by atoms with Crippen molar-refractivity contribution in [3.8, 4) is 5.75 Å². The summed E-state index contributed by atoms with van der Waals surface area (Å²) in [5.74, 6) is 0.333. The van der Waals surface area contributed by atoms with Gasteiger partial charge < -0.3 is 15.4 Å². The lowest BCUT2D eigenvalue weighted by molar-refractivity contribution is -0.118. The van der Waals surface area contributed by atoms with Crippen LogP contribution in [-0.4, -0.2) is 36.4 Å². The molecule has 5 heteroatoms. The van der Waals surface area contributed by atoms with Crippen molar-refractivity contribution in [2.45, 2.75) is 12.8 Å². The van der Waals surface area contributed by atoms with Gasteiger partial charge >= 0.3 is 0 Å². The standard InChI is InChI=1S/C16H20N2O3/c1-2-9-21-14-6-4-3-5-13(14)16(20)18-8-7-12(11-18)10-15(17)19/h2-6,12H,1,7-11H2,(H2,17,19). The third kappa shape index (κ3) is 3.84. The molecule has 1 aromatic rings. The Morgan fingerprint density at radius 2 is 2.19 bits per heavy atom. The molecule has 2 rings (SSSR count). The van der Waals surface area contributed by atoms with E-state index in [-0.39, 0.29) is 17.7 Å². The van der Waals surface area contributed by atoms with Crippen molar-refractivity contribution in [2.24, 2.45) is 11.7 Å². The summed E-state index contributed by atoms with van der Waals surface area (Å²) in [6.07, 6.45) is 2.78. The molecule has 0 bridgehead atoms.